The number of hydrogen-bond donors (Lipinski definition) is 0. The average Bonchev–Trinajstić information content (AvgIpc) is 3.26. The highest BCUT2D eigenvalue weighted by Crippen LogP contribution is 2.47. The fourth-order valence-corrected chi connectivity index (χ4v) is 5.51. The summed E-state index contributed by atoms with van der Waals surface area (Å²) < 4.78 is 0. The van der Waals surface area contributed by atoms with Gasteiger partial charge in [0.05, 0.1) is 0 Å². The zero-order chi connectivity index (χ0) is 18.2. The maximum atomic E-state index is 2.76. The summed E-state index contributed by atoms with van der Waals surface area (Å²) in [5, 5.41) is 5.50. The molecule has 1 aliphatic carbocycles. The van der Waals surface area contributed by atoms with Crippen LogP contribution in [0, 0.1) is 0 Å². The van der Waals surface area contributed by atoms with Gasteiger partial charge in [0.1, 0.15) is 0 Å². The van der Waals surface area contributed by atoms with Crippen molar-refractivity contribution in [2.45, 2.75) is 69.9 Å². The molecule has 0 N–H and O–H groups in total. The molecule has 2 aromatic rings. The van der Waals surface area contributed by atoms with Crippen molar-refractivity contribution in [3.63, 3.8) is 0 Å². The summed E-state index contributed by atoms with van der Waals surface area (Å²) in [5.74, 6) is 0.832. The van der Waals surface area contributed by atoms with Gasteiger partial charge in [0.25, 0.3) is 0 Å². The molecule has 3 aliphatic rings. The van der Waals surface area contributed by atoms with E-state index in [9.17, 15) is 0 Å². The monoisotopic (exact) mass is 360 g/mol. The molecule has 0 spiro atoms. The second kappa shape index (κ2) is 7.41. The summed E-state index contributed by atoms with van der Waals surface area (Å²) in [4.78, 5) is 0. The standard InChI is InChI=1S/C25H32N2/c1-2-19-9-3-4-11-22(19)24-13-7-17-26(24)27-18-8-14-25(27)23-12-6-5-10-21(23)20-15-16-20/h3-6,9-12,20,24-25H,2,7-8,13-18H2,1H3/t24-,25-/m0/s1. The summed E-state index contributed by atoms with van der Waals surface area (Å²) in [5.41, 5.74) is 6.35. The normalized spacial score (nSPS) is 26.7. The van der Waals surface area contributed by atoms with Gasteiger partial charge in [-0.3, -0.25) is 0 Å². The maximum absolute atomic E-state index is 2.76. The molecule has 27 heavy (non-hydrogen) atoms. The molecule has 0 aromatic heterocycles. The van der Waals surface area contributed by atoms with E-state index in [0.29, 0.717) is 12.1 Å². The summed E-state index contributed by atoms with van der Waals surface area (Å²) in [6.45, 7) is 4.72. The van der Waals surface area contributed by atoms with E-state index in [-0.39, 0.29) is 0 Å². The van der Waals surface area contributed by atoms with Crippen LogP contribution in [0.5, 0.6) is 0 Å². The van der Waals surface area contributed by atoms with E-state index < -0.39 is 0 Å². The molecule has 5 rings (SSSR count). The molecule has 0 amide bonds. The van der Waals surface area contributed by atoms with E-state index in [0.717, 1.165) is 12.3 Å². The molecule has 2 aliphatic heterocycles. The predicted octanol–water partition coefficient (Wildman–Crippen LogP) is 6.02. The van der Waals surface area contributed by atoms with E-state index in [1.807, 2.05) is 0 Å². The van der Waals surface area contributed by atoms with Crippen molar-refractivity contribution in [1.82, 2.24) is 10.0 Å². The first-order valence-corrected chi connectivity index (χ1v) is 11.1. The molecule has 0 bridgehead atoms. The lowest BCUT2D eigenvalue weighted by Gasteiger charge is -2.39. The van der Waals surface area contributed by atoms with Gasteiger partial charge in [-0.1, -0.05) is 55.5 Å². The number of hydrogen-bond acceptors (Lipinski definition) is 2. The first-order chi connectivity index (χ1) is 13.4. The molecular weight excluding hydrogens is 328 g/mol. The van der Waals surface area contributed by atoms with Crippen molar-refractivity contribution in [3.05, 3.63) is 70.8 Å². The van der Waals surface area contributed by atoms with Crippen molar-refractivity contribution in [2.75, 3.05) is 13.1 Å². The molecule has 0 radical (unpaired) electrons. The van der Waals surface area contributed by atoms with E-state index in [1.165, 1.54) is 57.2 Å². The number of nitrogens with zero attached hydrogens (tertiary/aromatic N) is 2. The van der Waals surface area contributed by atoms with Gasteiger partial charge in [0, 0.05) is 25.2 Å². The van der Waals surface area contributed by atoms with Gasteiger partial charge in [-0.25, -0.2) is 10.0 Å². The molecule has 142 valence electrons. The van der Waals surface area contributed by atoms with Gasteiger partial charge < -0.3 is 0 Å². The minimum absolute atomic E-state index is 0.565. The fraction of sp³-hybridized carbons (Fsp3) is 0.520. The van der Waals surface area contributed by atoms with Crippen LogP contribution in [0.4, 0.5) is 0 Å². The van der Waals surface area contributed by atoms with Crippen LogP contribution in [0.2, 0.25) is 0 Å². The van der Waals surface area contributed by atoms with Gasteiger partial charge in [-0.15, -0.1) is 0 Å². The zero-order valence-electron chi connectivity index (χ0n) is 16.6. The number of rotatable bonds is 5. The van der Waals surface area contributed by atoms with E-state index in [4.69, 9.17) is 0 Å². The van der Waals surface area contributed by atoms with Gasteiger partial charge in [0.2, 0.25) is 0 Å². The van der Waals surface area contributed by atoms with Crippen LogP contribution >= 0.6 is 0 Å². The van der Waals surface area contributed by atoms with Crippen molar-refractivity contribution < 1.29 is 0 Å². The number of hydrazine groups is 1. The molecule has 2 heteroatoms. The van der Waals surface area contributed by atoms with Crippen LogP contribution in [0.15, 0.2) is 48.5 Å². The molecule has 2 atom stereocenters. The van der Waals surface area contributed by atoms with E-state index in [1.54, 1.807) is 16.7 Å². The van der Waals surface area contributed by atoms with Crippen molar-refractivity contribution in [2.24, 2.45) is 0 Å². The smallest absolute Gasteiger partial charge is 0.0498 e. The Morgan fingerprint density at radius 1 is 0.704 bits per heavy atom. The Hall–Kier alpha value is -1.64. The van der Waals surface area contributed by atoms with Gasteiger partial charge >= 0.3 is 0 Å². The number of aryl methyl sites for hydroxylation is 1. The van der Waals surface area contributed by atoms with E-state index >= 15 is 0 Å². The van der Waals surface area contributed by atoms with Gasteiger partial charge in [0.15, 0.2) is 0 Å². The Morgan fingerprint density at radius 2 is 1.26 bits per heavy atom. The lowest BCUT2D eigenvalue weighted by Crippen LogP contribution is -2.42. The third-order valence-corrected chi connectivity index (χ3v) is 6.95. The molecule has 3 fully saturated rings. The topological polar surface area (TPSA) is 6.48 Å². The third-order valence-electron chi connectivity index (χ3n) is 6.95. The quantitative estimate of drug-likeness (QED) is 0.644. The Bertz CT molecular complexity index is 794. The summed E-state index contributed by atoms with van der Waals surface area (Å²) in [6, 6.07) is 19.6. The summed E-state index contributed by atoms with van der Waals surface area (Å²) in [6.07, 6.45) is 9.15. The highest BCUT2D eigenvalue weighted by Gasteiger charge is 2.39. The highest BCUT2D eigenvalue weighted by atomic mass is 15.7. The maximum Gasteiger partial charge on any atom is 0.0498 e. The summed E-state index contributed by atoms with van der Waals surface area (Å²) in [7, 11) is 0. The van der Waals surface area contributed by atoms with Gasteiger partial charge in [-0.05, 0) is 73.1 Å². The second-order valence-electron chi connectivity index (χ2n) is 8.60. The largest absolute Gasteiger partial charge is 0.234 e. The fourth-order valence-electron chi connectivity index (χ4n) is 5.51. The Labute approximate surface area is 164 Å². The molecule has 1 saturated carbocycles. The Balaban J connectivity index is 1.46. The van der Waals surface area contributed by atoms with Crippen molar-refractivity contribution in [3.8, 4) is 0 Å². The molecule has 2 aromatic carbocycles. The first kappa shape index (κ1) is 17.5. The van der Waals surface area contributed by atoms with Crippen LogP contribution in [-0.2, 0) is 6.42 Å². The SMILES string of the molecule is CCc1ccccc1[C@@H]1CCCN1N1CCC[C@H]1c1ccccc1C1CC1. The first-order valence-electron chi connectivity index (χ1n) is 11.1. The van der Waals surface area contributed by atoms with Crippen LogP contribution in [0.3, 0.4) is 0 Å². The minimum Gasteiger partial charge on any atom is -0.234 e. The predicted molar refractivity (Wildman–Crippen MR) is 112 cm³/mol. The Kier molecular flexibility index (Phi) is 4.79. The minimum atomic E-state index is 0.565. The second-order valence-corrected chi connectivity index (χ2v) is 8.60. The van der Waals surface area contributed by atoms with Crippen LogP contribution < -0.4 is 0 Å². The number of benzene rings is 2. The van der Waals surface area contributed by atoms with Crippen molar-refractivity contribution >= 4 is 0 Å². The highest BCUT2D eigenvalue weighted by molar-refractivity contribution is 5.36. The van der Waals surface area contributed by atoms with Crippen LogP contribution in [0.25, 0.3) is 0 Å². The van der Waals surface area contributed by atoms with E-state index in [2.05, 4.69) is 65.5 Å². The van der Waals surface area contributed by atoms with Crippen LogP contribution in [-0.4, -0.2) is 23.1 Å². The third kappa shape index (κ3) is 3.23. The lowest BCUT2D eigenvalue weighted by molar-refractivity contribution is -0.0504. The molecular formula is C25H32N2. The molecule has 2 saturated heterocycles. The van der Waals surface area contributed by atoms with Crippen molar-refractivity contribution in [1.29, 1.82) is 0 Å². The molecule has 2 nitrogen and oxygen atoms in total. The lowest BCUT2D eigenvalue weighted by atomic mass is 9.95. The van der Waals surface area contributed by atoms with Gasteiger partial charge in [-0.2, -0.15) is 0 Å². The van der Waals surface area contributed by atoms with Crippen LogP contribution in [0.1, 0.15) is 85.7 Å². The molecule has 0 unspecified atom stereocenters. The zero-order valence-corrected chi connectivity index (χ0v) is 16.6. The molecule has 2 heterocycles. The average molecular weight is 361 g/mol. The summed E-state index contributed by atoms with van der Waals surface area (Å²) >= 11 is 0. The Morgan fingerprint density at radius 3 is 1.89 bits per heavy atom.